The molecule has 0 saturated carbocycles. The van der Waals surface area contributed by atoms with Crippen molar-refractivity contribution in [2.75, 3.05) is 18.1 Å². The number of alkyl halides is 3. The Bertz CT molecular complexity index is 755. The molecule has 0 amide bonds. The highest BCUT2D eigenvalue weighted by atomic mass is 32.1. The van der Waals surface area contributed by atoms with Crippen LogP contribution in [0.4, 0.5) is 18.9 Å². The first kappa shape index (κ1) is 19.1. The van der Waals surface area contributed by atoms with E-state index < -0.39 is 22.8 Å². The second-order valence-electron chi connectivity index (χ2n) is 6.09. The van der Waals surface area contributed by atoms with Gasteiger partial charge in [0.15, 0.2) is 5.11 Å². The third-order valence-electron chi connectivity index (χ3n) is 4.13. The first-order valence-corrected chi connectivity index (χ1v) is 7.89. The lowest BCUT2D eigenvalue weighted by Gasteiger charge is -2.30. The third kappa shape index (κ3) is 3.32. The summed E-state index contributed by atoms with van der Waals surface area (Å²) in [7, 11) is 0. The van der Waals surface area contributed by atoms with Crippen LogP contribution in [0.3, 0.4) is 0 Å². The molecule has 134 valence electrons. The predicted molar refractivity (Wildman–Crippen MR) is 91.5 cm³/mol. The molecule has 1 aliphatic heterocycles. The Morgan fingerprint density at radius 1 is 1.36 bits per heavy atom. The minimum Gasteiger partial charge on any atom is -0.396 e. The number of nitrogens with zero attached hydrogens (tertiary/aromatic N) is 3. The number of rotatable bonds is 4. The second kappa shape index (κ2) is 6.61. The molecule has 1 aromatic carbocycles. The molecule has 1 aromatic rings. The van der Waals surface area contributed by atoms with E-state index in [-0.39, 0.29) is 23.2 Å². The number of benzene rings is 1. The van der Waals surface area contributed by atoms with Crippen LogP contribution in [0.2, 0.25) is 0 Å². The zero-order valence-electron chi connectivity index (χ0n) is 13.7. The fraction of sp³-hybridized carbons (Fsp3) is 0.438. The molecule has 1 saturated heterocycles. The monoisotopic (exact) mass is 370 g/mol. The van der Waals surface area contributed by atoms with Crippen LogP contribution in [0.1, 0.15) is 31.4 Å². The van der Waals surface area contributed by atoms with Gasteiger partial charge in [-0.15, -0.1) is 0 Å². The lowest BCUT2D eigenvalue weighted by Crippen LogP contribution is -2.44. The van der Waals surface area contributed by atoms with E-state index in [4.69, 9.17) is 28.0 Å². The minimum atomic E-state index is -4.68. The van der Waals surface area contributed by atoms with Crippen molar-refractivity contribution >= 4 is 28.9 Å². The van der Waals surface area contributed by atoms with Gasteiger partial charge in [0.2, 0.25) is 0 Å². The van der Waals surface area contributed by atoms with E-state index in [0.29, 0.717) is 13.0 Å². The summed E-state index contributed by atoms with van der Waals surface area (Å²) in [5.74, 6) is 0.0354. The smallest absolute Gasteiger partial charge is 0.396 e. The normalized spacial score (nSPS) is 17.2. The highest BCUT2D eigenvalue weighted by molar-refractivity contribution is 7.80. The average Bonchev–Trinajstić information content (AvgIpc) is 2.70. The maximum atomic E-state index is 13.2. The number of nitriles is 1. The van der Waals surface area contributed by atoms with E-state index in [2.05, 4.69) is 0 Å². The molecule has 1 fully saturated rings. The van der Waals surface area contributed by atoms with E-state index in [1.807, 2.05) is 0 Å². The summed E-state index contributed by atoms with van der Waals surface area (Å²) < 4.78 is 39.6. The van der Waals surface area contributed by atoms with E-state index in [9.17, 15) is 13.2 Å². The molecule has 5 nitrogen and oxygen atoms in total. The molecule has 9 heteroatoms. The molecule has 1 aliphatic rings. The van der Waals surface area contributed by atoms with Crippen molar-refractivity contribution in [3.05, 3.63) is 29.3 Å². The summed E-state index contributed by atoms with van der Waals surface area (Å²) in [6.45, 7) is 3.81. The minimum absolute atomic E-state index is 0.0354. The van der Waals surface area contributed by atoms with Crippen molar-refractivity contribution in [3.63, 3.8) is 0 Å². The van der Waals surface area contributed by atoms with Gasteiger partial charge in [-0.25, -0.2) is 0 Å². The molecule has 2 N–H and O–H groups in total. The quantitative estimate of drug-likeness (QED) is 0.797. The van der Waals surface area contributed by atoms with Crippen LogP contribution in [0.15, 0.2) is 18.2 Å². The van der Waals surface area contributed by atoms with Gasteiger partial charge in [0.25, 0.3) is 0 Å². The van der Waals surface area contributed by atoms with Crippen molar-refractivity contribution in [1.29, 1.82) is 10.7 Å². The molecule has 0 aliphatic carbocycles. The Morgan fingerprint density at radius 2 is 2.00 bits per heavy atom. The summed E-state index contributed by atoms with van der Waals surface area (Å²) in [4.78, 5) is 2.97. The number of thiocarbonyl (C=S) groups is 1. The zero-order valence-corrected chi connectivity index (χ0v) is 14.5. The van der Waals surface area contributed by atoms with Gasteiger partial charge in [0.05, 0.1) is 28.4 Å². The van der Waals surface area contributed by atoms with Gasteiger partial charge in [-0.3, -0.25) is 10.3 Å². The molecule has 0 bridgehead atoms. The highest BCUT2D eigenvalue weighted by Crippen LogP contribution is 2.37. The van der Waals surface area contributed by atoms with Crippen LogP contribution in [-0.4, -0.2) is 39.6 Å². The first-order valence-electron chi connectivity index (χ1n) is 7.48. The fourth-order valence-corrected chi connectivity index (χ4v) is 3.22. The van der Waals surface area contributed by atoms with Crippen molar-refractivity contribution in [2.45, 2.75) is 32.0 Å². The number of hydrogen-bond acceptors (Lipinski definition) is 4. The van der Waals surface area contributed by atoms with Crippen molar-refractivity contribution in [3.8, 4) is 6.07 Å². The van der Waals surface area contributed by atoms with Gasteiger partial charge >= 0.3 is 6.18 Å². The van der Waals surface area contributed by atoms with E-state index in [1.165, 1.54) is 17.0 Å². The number of amidine groups is 1. The standard InChI is InChI=1S/C16H17F3N4OS/c1-15(2)13(21)23(14(25)22(15)6-3-7-24)11-5-4-10(9-20)12(8-11)16(17,18)19/h4-5,8,21,24H,3,6-7H2,1-2H3. The van der Waals surface area contributed by atoms with E-state index in [0.717, 1.165) is 12.1 Å². The predicted octanol–water partition coefficient (Wildman–Crippen LogP) is 3.12. The SMILES string of the molecule is CC1(C)C(=N)N(c2ccc(C#N)c(C(F)(F)F)c2)C(=S)N1CCCO. The molecule has 0 radical (unpaired) electrons. The topological polar surface area (TPSA) is 74.4 Å². The summed E-state index contributed by atoms with van der Waals surface area (Å²) in [5.41, 5.74) is -2.28. The van der Waals surface area contributed by atoms with Crippen LogP contribution < -0.4 is 4.90 Å². The Morgan fingerprint density at radius 3 is 2.52 bits per heavy atom. The molecule has 0 unspecified atom stereocenters. The molecule has 1 heterocycles. The van der Waals surface area contributed by atoms with Gasteiger partial charge < -0.3 is 10.0 Å². The van der Waals surface area contributed by atoms with Gasteiger partial charge in [-0.2, -0.15) is 18.4 Å². The number of aliphatic hydroxyl groups is 1. The fourth-order valence-electron chi connectivity index (χ4n) is 2.70. The van der Waals surface area contributed by atoms with Crippen molar-refractivity contribution in [1.82, 2.24) is 4.90 Å². The van der Waals surface area contributed by atoms with Crippen LogP contribution in [0, 0.1) is 16.7 Å². The number of nitrogens with one attached hydrogen (secondary N) is 1. The zero-order chi connectivity index (χ0) is 19.0. The Labute approximate surface area is 148 Å². The number of anilines is 1. The number of halogens is 3. The Kier molecular flexibility index (Phi) is 5.06. The number of aliphatic hydroxyl groups excluding tert-OH is 1. The molecular weight excluding hydrogens is 353 g/mol. The molecule has 0 spiro atoms. The maximum Gasteiger partial charge on any atom is 0.417 e. The van der Waals surface area contributed by atoms with E-state index in [1.54, 1.807) is 18.7 Å². The average molecular weight is 370 g/mol. The molecule has 25 heavy (non-hydrogen) atoms. The van der Waals surface area contributed by atoms with Crippen LogP contribution in [0.5, 0.6) is 0 Å². The second-order valence-corrected chi connectivity index (χ2v) is 6.46. The van der Waals surface area contributed by atoms with Gasteiger partial charge in [-0.1, -0.05) is 0 Å². The van der Waals surface area contributed by atoms with Crippen LogP contribution >= 0.6 is 12.2 Å². The Hall–Kier alpha value is -2.18. The first-order chi connectivity index (χ1) is 11.6. The summed E-state index contributed by atoms with van der Waals surface area (Å²) in [6.07, 6.45) is -4.26. The van der Waals surface area contributed by atoms with Crippen LogP contribution in [-0.2, 0) is 6.18 Å². The Balaban J connectivity index is 2.50. The number of hydrogen-bond donors (Lipinski definition) is 2. The van der Waals surface area contributed by atoms with Gasteiger partial charge in [0.1, 0.15) is 5.84 Å². The summed E-state index contributed by atoms with van der Waals surface area (Å²) >= 11 is 5.36. The van der Waals surface area contributed by atoms with E-state index >= 15 is 0 Å². The van der Waals surface area contributed by atoms with Crippen molar-refractivity contribution in [2.24, 2.45) is 0 Å². The highest BCUT2D eigenvalue weighted by Gasteiger charge is 2.46. The van der Waals surface area contributed by atoms with Crippen LogP contribution in [0.25, 0.3) is 0 Å². The lowest BCUT2D eigenvalue weighted by atomic mass is 10.0. The third-order valence-corrected chi connectivity index (χ3v) is 4.53. The molecule has 0 aromatic heterocycles. The molecule has 2 rings (SSSR count). The summed E-state index contributed by atoms with van der Waals surface area (Å²) in [6, 6.07) is 4.80. The lowest BCUT2D eigenvalue weighted by molar-refractivity contribution is -0.137. The van der Waals surface area contributed by atoms with Gasteiger partial charge in [-0.05, 0) is 50.7 Å². The molecule has 0 atom stereocenters. The largest absolute Gasteiger partial charge is 0.417 e. The van der Waals surface area contributed by atoms with Gasteiger partial charge in [0, 0.05) is 13.2 Å². The van der Waals surface area contributed by atoms with Crippen molar-refractivity contribution < 1.29 is 18.3 Å². The summed E-state index contributed by atoms with van der Waals surface area (Å²) in [5, 5.41) is 26.5. The maximum absolute atomic E-state index is 13.2. The molecular formula is C16H17F3N4OS.